The van der Waals surface area contributed by atoms with Gasteiger partial charge in [-0.05, 0) is 59.9 Å². The summed E-state index contributed by atoms with van der Waals surface area (Å²) in [6, 6.07) is 14.7. The number of ether oxygens (including phenoxy) is 2. The van der Waals surface area contributed by atoms with Crippen LogP contribution in [0.1, 0.15) is 28.3 Å². The van der Waals surface area contributed by atoms with Crippen molar-refractivity contribution >= 4 is 29.2 Å². The van der Waals surface area contributed by atoms with Crippen molar-refractivity contribution in [2.45, 2.75) is 24.3 Å². The Morgan fingerprint density at radius 2 is 1.88 bits per heavy atom. The molecule has 10 nitrogen and oxygen atoms in total. The number of hydrogen-bond donors (Lipinski definition) is 3. The Morgan fingerprint density at radius 1 is 1.07 bits per heavy atom. The van der Waals surface area contributed by atoms with E-state index in [0.29, 0.717) is 43.1 Å². The molecular formula is C30H30FN5O5. The Hall–Kier alpha value is -4.19. The molecule has 2 atom stereocenters. The van der Waals surface area contributed by atoms with Gasteiger partial charge in [-0.2, -0.15) is 0 Å². The van der Waals surface area contributed by atoms with E-state index in [1.54, 1.807) is 24.4 Å². The predicted molar refractivity (Wildman–Crippen MR) is 148 cm³/mol. The normalized spacial score (nSPS) is 22.6. The van der Waals surface area contributed by atoms with Gasteiger partial charge in [-0.15, -0.1) is 0 Å². The van der Waals surface area contributed by atoms with Crippen LogP contribution >= 0.6 is 0 Å². The zero-order valence-corrected chi connectivity index (χ0v) is 22.3. The maximum absolute atomic E-state index is 13.7. The first-order valence-corrected chi connectivity index (χ1v) is 13.5. The van der Waals surface area contributed by atoms with E-state index in [1.807, 2.05) is 24.3 Å². The number of benzene rings is 2. The predicted octanol–water partition coefficient (Wildman–Crippen LogP) is 2.31. The molecule has 0 radical (unpaired) electrons. The maximum atomic E-state index is 13.7. The zero-order valence-electron chi connectivity index (χ0n) is 22.3. The van der Waals surface area contributed by atoms with Gasteiger partial charge in [-0.1, -0.05) is 24.3 Å². The third kappa shape index (κ3) is 5.43. The minimum Gasteiger partial charge on any atom is -0.369 e. The van der Waals surface area contributed by atoms with Crippen molar-refractivity contribution in [1.29, 1.82) is 0 Å². The molecule has 0 saturated carbocycles. The first kappa shape index (κ1) is 27.0. The lowest BCUT2D eigenvalue weighted by molar-refractivity contribution is -0.141. The van der Waals surface area contributed by atoms with Gasteiger partial charge in [0.1, 0.15) is 24.8 Å². The minimum atomic E-state index is -0.708. The number of fused-ring (bicyclic) bond motifs is 3. The molecule has 3 aliphatic rings. The van der Waals surface area contributed by atoms with Gasteiger partial charge in [0.2, 0.25) is 17.7 Å². The molecule has 0 bridgehead atoms. The fourth-order valence-corrected chi connectivity index (χ4v) is 5.87. The molecule has 1 fully saturated rings. The molecule has 2 aliphatic heterocycles. The van der Waals surface area contributed by atoms with Gasteiger partial charge in [-0.3, -0.25) is 19.7 Å². The van der Waals surface area contributed by atoms with E-state index in [4.69, 9.17) is 9.47 Å². The second-order valence-corrected chi connectivity index (χ2v) is 10.5. The number of carbonyl (C=O) groups is 3. The van der Waals surface area contributed by atoms with Crippen LogP contribution in [0.2, 0.25) is 0 Å². The molecule has 3 amide bonds. The third-order valence-corrected chi connectivity index (χ3v) is 7.87. The second kappa shape index (κ2) is 11.4. The van der Waals surface area contributed by atoms with Crippen LogP contribution in [0, 0.1) is 5.82 Å². The number of amides is 3. The van der Waals surface area contributed by atoms with Crippen LogP contribution in [0.25, 0.3) is 0 Å². The van der Waals surface area contributed by atoms with E-state index in [0.717, 1.165) is 16.7 Å². The average Bonchev–Trinajstić information content (AvgIpc) is 3.47. The van der Waals surface area contributed by atoms with Crippen LogP contribution in [-0.4, -0.2) is 67.2 Å². The monoisotopic (exact) mass is 559 g/mol. The Bertz CT molecular complexity index is 1480. The van der Waals surface area contributed by atoms with Gasteiger partial charge in [0.15, 0.2) is 0 Å². The van der Waals surface area contributed by atoms with Crippen molar-refractivity contribution in [3.05, 3.63) is 88.9 Å². The third-order valence-electron chi connectivity index (χ3n) is 7.87. The van der Waals surface area contributed by atoms with E-state index < -0.39 is 23.2 Å². The summed E-state index contributed by atoms with van der Waals surface area (Å²) < 4.78 is 24.6. The molecule has 0 unspecified atom stereocenters. The lowest BCUT2D eigenvalue weighted by atomic mass is 9.79. The largest absolute Gasteiger partial charge is 0.369 e. The maximum Gasteiger partial charge on any atom is 0.249 e. The summed E-state index contributed by atoms with van der Waals surface area (Å²) in [5.41, 5.74) is 3.44. The van der Waals surface area contributed by atoms with Crippen molar-refractivity contribution in [2.24, 2.45) is 0 Å². The van der Waals surface area contributed by atoms with Crippen LogP contribution < -0.4 is 16.0 Å². The Kier molecular flexibility index (Phi) is 7.48. The number of anilines is 2. The van der Waals surface area contributed by atoms with Crippen molar-refractivity contribution < 1.29 is 28.2 Å². The van der Waals surface area contributed by atoms with E-state index >= 15 is 0 Å². The number of carbonyl (C=O) groups excluding carboxylic acids is 3. The smallest absolute Gasteiger partial charge is 0.249 e. The van der Waals surface area contributed by atoms with Crippen molar-refractivity contribution in [2.75, 3.05) is 50.3 Å². The standard InChI is InChI=1S/C30H30FN5O5/c31-22-6-3-19(4-7-22)25-15-32-18-41-11-10-40-17-27(38)36(25)16-26(37)34-23-8-5-20-13-30(14-21(20)12-23)24-2-1-9-33-28(24)35-29(30)39/h1-9,12,25,32H,10-11,13-18H2,(H,34,37)(H,33,35,39)/t25-,30+/m0/s1. The summed E-state index contributed by atoms with van der Waals surface area (Å²) in [6.45, 7) is 0.645. The molecule has 41 heavy (non-hydrogen) atoms. The summed E-state index contributed by atoms with van der Waals surface area (Å²) in [6.07, 6.45) is 2.71. The van der Waals surface area contributed by atoms with Crippen molar-refractivity contribution in [1.82, 2.24) is 15.2 Å². The van der Waals surface area contributed by atoms with Crippen LogP contribution in [0.3, 0.4) is 0 Å². The van der Waals surface area contributed by atoms with Gasteiger partial charge in [0, 0.05) is 24.0 Å². The fourth-order valence-electron chi connectivity index (χ4n) is 5.87. The summed E-state index contributed by atoms with van der Waals surface area (Å²) in [4.78, 5) is 45.3. The average molecular weight is 560 g/mol. The fraction of sp³-hybridized carbons (Fsp3) is 0.333. The number of pyridine rings is 1. The Labute approximate surface area is 236 Å². The number of aromatic nitrogens is 1. The topological polar surface area (TPSA) is 122 Å². The number of halogens is 1. The van der Waals surface area contributed by atoms with Crippen LogP contribution in [0.15, 0.2) is 60.8 Å². The van der Waals surface area contributed by atoms with Crippen molar-refractivity contribution in [3.63, 3.8) is 0 Å². The summed E-state index contributed by atoms with van der Waals surface area (Å²) in [7, 11) is 0. The molecule has 3 N–H and O–H groups in total. The van der Waals surface area contributed by atoms with Gasteiger partial charge < -0.3 is 25.0 Å². The Balaban J connectivity index is 1.20. The highest BCUT2D eigenvalue weighted by Gasteiger charge is 2.51. The van der Waals surface area contributed by atoms with Gasteiger partial charge >= 0.3 is 0 Å². The summed E-state index contributed by atoms with van der Waals surface area (Å²) in [5, 5.41) is 8.97. The number of nitrogens with one attached hydrogen (secondary N) is 3. The summed E-state index contributed by atoms with van der Waals surface area (Å²) in [5.74, 6) is -0.626. The number of nitrogens with zero attached hydrogens (tertiary/aromatic N) is 2. The van der Waals surface area contributed by atoms with Crippen LogP contribution in [-0.2, 0) is 42.1 Å². The highest BCUT2D eigenvalue weighted by molar-refractivity contribution is 6.06. The molecule has 2 aromatic carbocycles. The molecular weight excluding hydrogens is 529 g/mol. The number of hydrogen-bond acceptors (Lipinski definition) is 7. The molecule has 1 aliphatic carbocycles. The second-order valence-electron chi connectivity index (χ2n) is 10.5. The zero-order chi connectivity index (χ0) is 28.4. The van der Waals surface area contributed by atoms with Crippen LogP contribution in [0.5, 0.6) is 0 Å². The van der Waals surface area contributed by atoms with E-state index in [1.165, 1.54) is 17.0 Å². The van der Waals surface area contributed by atoms with E-state index in [9.17, 15) is 18.8 Å². The van der Waals surface area contributed by atoms with Crippen LogP contribution in [0.4, 0.5) is 15.9 Å². The Morgan fingerprint density at radius 3 is 2.73 bits per heavy atom. The molecule has 212 valence electrons. The van der Waals surface area contributed by atoms with E-state index in [2.05, 4.69) is 20.9 Å². The molecule has 1 saturated heterocycles. The highest BCUT2D eigenvalue weighted by atomic mass is 19.1. The molecule has 6 rings (SSSR count). The minimum absolute atomic E-state index is 0.0702. The van der Waals surface area contributed by atoms with E-state index in [-0.39, 0.29) is 38.3 Å². The van der Waals surface area contributed by atoms with Gasteiger partial charge in [0.05, 0.1) is 31.4 Å². The first-order chi connectivity index (χ1) is 19.9. The number of rotatable bonds is 4. The van der Waals surface area contributed by atoms with Gasteiger partial charge in [0.25, 0.3) is 0 Å². The molecule has 3 heterocycles. The molecule has 11 heteroatoms. The van der Waals surface area contributed by atoms with Crippen molar-refractivity contribution in [3.8, 4) is 0 Å². The highest BCUT2D eigenvalue weighted by Crippen LogP contribution is 2.46. The molecule has 3 aromatic rings. The SMILES string of the molecule is O=C(CN1C(=O)COCCOCNC[C@H]1c1ccc(F)cc1)Nc1ccc2c(c1)C[C@@]1(C2)C(=O)Nc2ncccc21. The summed E-state index contributed by atoms with van der Waals surface area (Å²) >= 11 is 0. The lowest BCUT2D eigenvalue weighted by Gasteiger charge is -2.32. The first-order valence-electron chi connectivity index (χ1n) is 13.5. The molecule has 1 spiro atoms. The quantitative estimate of drug-likeness (QED) is 0.449. The lowest BCUT2D eigenvalue weighted by Crippen LogP contribution is -2.45. The molecule has 1 aromatic heterocycles. The van der Waals surface area contributed by atoms with Gasteiger partial charge in [-0.25, -0.2) is 9.37 Å².